The van der Waals surface area contributed by atoms with Crippen LogP contribution in [0.4, 0.5) is 4.39 Å². The van der Waals surface area contributed by atoms with Crippen molar-refractivity contribution in [2.24, 2.45) is 5.41 Å². The third-order valence-electron chi connectivity index (χ3n) is 7.34. The molecule has 5 rings (SSSR count). The number of carbonyl (C=O) groups excluding carboxylic acids is 1. The topological polar surface area (TPSA) is 42.4 Å². The van der Waals surface area contributed by atoms with Crippen molar-refractivity contribution in [2.45, 2.75) is 38.0 Å². The molecular formula is C29H31FN2O2. The lowest BCUT2D eigenvalue weighted by atomic mass is 9.73. The van der Waals surface area contributed by atoms with Crippen LogP contribution in [0.15, 0.2) is 72.8 Å². The molecule has 2 aliphatic heterocycles. The van der Waals surface area contributed by atoms with Crippen LogP contribution in [0.1, 0.15) is 42.9 Å². The molecule has 3 heterocycles. The number of ether oxygens (including phenoxy) is 1. The highest BCUT2D eigenvalue weighted by Crippen LogP contribution is 2.38. The van der Waals surface area contributed by atoms with E-state index in [1.807, 2.05) is 42.5 Å². The van der Waals surface area contributed by atoms with Crippen LogP contribution < -0.4 is 0 Å². The SMILES string of the molecule is O=C(N1CCC[C@H](c2cccc(-c3ccccc3F)n2)C1)C1(Cc2ccccc2)CCOCC1. The van der Waals surface area contributed by atoms with Crippen molar-refractivity contribution in [3.63, 3.8) is 0 Å². The summed E-state index contributed by atoms with van der Waals surface area (Å²) in [6, 6.07) is 22.9. The molecule has 4 nitrogen and oxygen atoms in total. The van der Waals surface area contributed by atoms with Gasteiger partial charge in [0, 0.05) is 43.5 Å². The molecule has 0 saturated carbocycles. The maximum absolute atomic E-state index is 14.3. The van der Waals surface area contributed by atoms with Gasteiger partial charge in [-0.25, -0.2) is 4.39 Å². The summed E-state index contributed by atoms with van der Waals surface area (Å²) >= 11 is 0. The molecule has 1 aromatic heterocycles. The number of halogens is 1. The fourth-order valence-electron chi connectivity index (χ4n) is 5.45. The molecule has 1 amide bonds. The Balaban J connectivity index is 1.37. The van der Waals surface area contributed by atoms with Gasteiger partial charge in [-0.05, 0) is 61.9 Å². The van der Waals surface area contributed by atoms with Gasteiger partial charge >= 0.3 is 0 Å². The molecule has 2 saturated heterocycles. The third-order valence-corrected chi connectivity index (χ3v) is 7.34. The Morgan fingerprint density at radius 3 is 2.56 bits per heavy atom. The minimum atomic E-state index is -0.413. The van der Waals surface area contributed by atoms with Crippen molar-refractivity contribution in [2.75, 3.05) is 26.3 Å². The molecular weight excluding hydrogens is 427 g/mol. The van der Waals surface area contributed by atoms with E-state index >= 15 is 0 Å². The van der Waals surface area contributed by atoms with Crippen LogP contribution in [-0.4, -0.2) is 42.1 Å². The van der Waals surface area contributed by atoms with Crippen LogP contribution in [0.5, 0.6) is 0 Å². The van der Waals surface area contributed by atoms with Gasteiger partial charge in [-0.2, -0.15) is 0 Å². The molecule has 0 bridgehead atoms. The van der Waals surface area contributed by atoms with E-state index in [1.165, 1.54) is 11.6 Å². The minimum Gasteiger partial charge on any atom is -0.381 e. The van der Waals surface area contributed by atoms with Gasteiger partial charge in [-0.1, -0.05) is 48.5 Å². The summed E-state index contributed by atoms with van der Waals surface area (Å²) < 4.78 is 20.0. The van der Waals surface area contributed by atoms with Gasteiger partial charge in [-0.3, -0.25) is 9.78 Å². The summed E-state index contributed by atoms with van der Waals surface area (Å²) in [6.45, 7) is 2.69. The Morgan fingerprint density at radius 1 is 1.00 bits per heavy atom. The van der Waals surface area contributed by atoms with Crippen LogP contribution in [-0.2, 0) is 16.0 Å². The molecule has 0 radical (unpaired) electrons. The first-order valence-electron chi connectivity index (χ1n) is 12.3. The monoisotopic (exact) mass is 458 g/mol. The lowest BCUT2D eigenvalue weighted by Crippen LogP contribution is -2.51. The van der Waals surface area contributed by atoms with Crippen LogP contribution in [0, 0.1) is 11.2 Å². The van der Waals surface area contributed by atoms with Gasteiger partial charge in [0.25, 0.3) is 0 Å². The van der Waals surface area contributed by atoms with E-state index in [0.717, 1.165) is 44.3 Å². The predicted molar refractivity (Wildman–Crippen MR) is 131 cm³/mol. The van der Waals surface area contributed by atoms with Crippen LogP contribution in [0.2, 0.25) is 0 Å². The average molecular weight is 459 g/mol. The first-order valence-corrected chi connectivity index (χ1v) is 12.3. The fraction of sp³-hybridized carbons (Fsp3) is 0.379. The third kappa shape index (κ3) is 4.76. The zero-order chi connectivity index (χ0) is 23.4. The number of pyridine rings is 1. The number of nitrogens with zero attached hydrogens (tertiary/aromatic N) is 2. The number of piperidine rings is 1. The van der Waals surface area contributed by atoms with Gasteiger partial charge in [0.15, 0.2) is 0 Å². The molecule has 0 aliphatic carbocycles. The number of aromatic nitrogens is 1. The summed E-state index contributed by atoms with van der Waals surface area (Å²) in [7, 11) is 0. The number of likely N-dealkylation sites (tertiary alicyclic amines) is 1. The summed E-state index contributed by atoms with van der Waals surface area (Å²) in [6.07, 6.45) is 4.18. The Labute approximate surface area is 200 Å². The largest absolute Gasteiger partial charge is 0.381 e. The highest BCUT2D eigenvalue weighted by Gasteiger charge is 2.43. The molecule has 0 unspecified atom stereocenters. The number of hydrogen-bond donors (Lipinski definition) is 0. The molecule has 3 aromatic rings. The number of benzene rings is 2. The minimum absolute atomic E-state index is 0.151. The first-order chi connectivity index (χ1) is 16.6. The van der Waals surface area contributed by atoms with Gasteiger partial charge in [0.2, 0.25) is 5.91 Å². The molecule has 0 spiro atoms. The van der Waals surface area contributed by atoms with Crippen molar-refractivity contribution in [3.8, 4) is 11.3 Å². The van der Waals surface area contributed by atoms with Crippen molar-refractivity contribution < 1.29 is 13.9 Å². The maximum atomic E-state index is 14.3. The van der Waals surface area contributed by atoms with Crippen LogP contribution >= 0.6 is 0 Å². The Hall–Kier alpha value is -3.05. The molecule has 176 valence electrons. The van der Waals surface area contributed by atoms with Crippen molar-refractivity contribution in [1.82, 2.24) is 9.88 Å². The molecule has 2 aromatic carbocycles. The number of amides is 1. The zero-order valence-corrected chi connectivity index (χ0v) is 19.5. The van der Waals surface area contributed by atoms with E-state index in [9.17, 15) is 9.18 Å². The van der Waals surface area contributed by atoms with E-state index in [4.69, 9.17) is 9.72 Å². The van der Waals surface area contributed by atoms with E-state index in [1.54, 1.807) is 12.1 Å². The Morgan fingerprint density at radius 2 is 1.76 bits per heavy atom. The normalized spacial score (nSPS) is 20.1. The second kappa shape index (κ2) is 10.1. The first kappa shape index (κ1) is 22.7. The van der Waals surface area contributed by atoms with E-state index in [0.29, 0.717) is 31.0 Å². The van der Waals surface area contributed by atoms with Gasteiger partial charge in [0.1, 0.15) is 5.82 Å². The lowest BCUT2D eigenvalue weighted by molar-refractivity contribution is -0.149. The average Bonchev–Trinajstić information content (AvgIpc) is 2.90. The summed E-state index contributed by atoms with van der Waals surface area (Å²) in [5.74, 6) is 0.127. The van der Waals surface area contributed by atoms with Gasteiger partial charge in [0.05, 0.1) is 11.1 Å². The zero-order valence-electron chi connectivity index (χ0n) is 19.5. The molecule has 0 N–H and O–H groups in total. The van der Waals surface area contributed by atoms with Crippen LogP contribution in [0.3, 0.4) is 0 Å². The fourth-order valence-corrected chi connectivity index (χ4v) is 5.45. The lowest BCUT2D eigenvalue weighted by Gasteiger charge is -2.42. The summed E-state index contributed by atoms with van der Waals surface area (Å²) in [5.41, 5.74) is 2.87. The molecule has 34 heavy (non-hydrogen) atoms. The van der Waals surface area contributed by atoms with Crippen LogP contribution in [0.25, 0.3) is 11.3 Å². The molecule has 2 fully saturated rings. The summed E-state index contributed by atoms with van der Waals surface area (Å²) in [5, 5.41) is 0. The summed E-state index contributed by atoms with van der Waals surface area (Å²) in [4.78, 5) is 20.9. The van der Waals surface area contributed by atoms with Gasteiger partial charge < -0.3 is 9.64 Å². The Bertz CT molecular complexity index is 1130. The number of carbonyl (C=O) groups is 1. The smallest absolute Gasteiger partial charge is 0.229 e. The van der Waals surface area contributed by atoms with Crippen molar-refractivity contribution in [1.29, 1.82) is 0 Å². The number of hydrogen-bond acceptors (Lipinski definition) is 3. The maximum Gasteiger partial charge on any atom is 0.229 e. The second-order valence-corrected chi connectivity index (χ2v) is 9.57. The van der Waals surface area contributed by atoms with Crippen molar-refractivity contribution >= 4 is 5.91 Å². The van der Waals surface area contributed by atoms with Crippen molar-refractivity contribution in [3.05, 3.63) is 89.9 Å². The Kier molecular flexibility index (Phi) is 6.73. The van der Waals surface area contributed by atoms with E-state index < -0.39 is 5.41 Å². The molecule has 2 aliphatic rings. The second-order valence-electron chi connectivity index (χ2n) is 9.57. The van der Waals surface area contributed by atoms with Gasteiger partial charge in [-0.15, -0.1) is 0 Å². The standard InChI is InChI=1S/C29H31FN2O2/c30-25-12-5-4-11-24(25)27-14-6-13-26(31-27)23-10-7-17-32(21-23)28(33)29(15-18-34-19-16-29)20-22-8-2-1-3-9-22/h1-6,8-9,11-14,23H,7,10,15-21H2/t23-/m0/s1. The van der Waals surface area contributed by atoms with E-state index in [2.05, 4.69) is 17.0 Å². The highest BCUT2D eigenvalue weighted by molar-refractivity contribution is 5.83. The quantitative estimate of drug-likeness (QED) is 0.497. The van der Waals surface area contributed by atoms with E-state index in [-0.39, 0.29) is 17.6 Å². The predicted octanol–water partition coefficient (Wildman–Crippen LogP) is 5.63. The number of rotatable bonds is 5. The highest BCUT2D eigenvalue weighted by atomic mass is 19.1. The molecule has 5 heteroatoms. The molecule has 1 atom stereocenters.